The van der Waals surface area contributed by atoms with Crippen LogP contribution in [0.1, 0.15) is 60.4 Å². The number of halogens is 7. The maximum Gasteiger partial charge on any atom is 0.416 e. The Morgan fingerprint density at radius 3 is 2.00 bits per heavy atom. The highest BCUT2D eigenvalue weighted by molar-refractivity contribution is 5.88. The van der Waals surface area contributed by atoms with Gasteiger partial charge in [-0.25, -0.2) is 9.18 Å². The zero-order valence-electron chi connectivity index (χ0n) is 25.2. The fourth-order valence-electron chi connectivity index (χ4n) is 6.07. The van der Waals surface area contributed by atoms with E-state index in [2.05, 4.69) is 10.2 Å². The molecule has 242 valence electrons. The van der Waals surface area contributed by atoms with Crippen molar-refractivity contribution in [3.05, 3.63) is 70.0 Å². The van der Waals surface area contributed by atoms with Gasteiger partial charge in [0.25, 0.3) is 0 Å². The number of rotatable bonds is 6. The molecule has 0 aliphatic carbocycles. The molecule has 2 aliphatic heterocycles. The molecule has 2 heterocycles. The van der Waals surface area contributed by atoms with E-state index >= 15 is 0 Å². The number of likely N-dealkylation sites (tertiary alicyclic amines) is 2. The lowest BCUT2D eigenvalue weighted by Crippen LogP contribution is -2.65. The summed E-state index contributed by atoms with van der Waals surface area (Å²) in [6, 6.07) is 5.06. The topological polar surface area (TPSA) is 55.9 Å². The minimum absolute atomic E-state index is 0.0498. The lowest BCUT2D eigenvalue weighted by molar-refractivity contribution is -0.143. The van der Waals surface area contributed by atoms with Gasteiger partial charge in [-0.3, -0.25) is 9.69 Å². The summed E-state index contributed by atoms with van der Waals surface area (Å²) in [6.07, 6.45) is -9.73. The maximum absolute atomic E-state index is 14.0. The summed E-state index contributed by atoms with van der Waals surface area (Å²) >= 11 is 0. The summed E-state index contributed by atoms with van der Waals surface area (Å²) in [7, 11) is 3.34. The lowest BCUT2D eigenvalue weighted by atomic mass is 9.76. The van der Waals surface area contributed by atoms with Gasteiger partial charge in [0, 0.05) is 58.3 Å². The summed E-state index contributed by atoms with van der Waals surface area (Å²) in [6.45, 7) is 6.67. The van der Waals surface area contributed by atoms with E-state index in [1.807, 2.05) is 0 Å². The molecule has 0 bridgehead atoms. The van der Waals surface area contributed by atoms with E-state index in [9.17, 15) is 40.3 Å². The number of hydrogen-bond donors (Lipinski definition) is 1. The standard InChI is InChI=1S/C31H37F7N4O2/c1-6-29(3,19-12-20(30(33,34)35)14-21(13-19)31(36,37)38)27(43)39-26-9-10-41(23-15-42(16-23)28(44)40(4)5)17-25(26)24-8-7-22(32)11-18(24)2/h7-8,11-14,23,25-26H,6,9-10,15-17H2,1-5H3,(H,39,43)/t25-,26+,29+/m0/s1. The van der Waals surface area contributed by atoms with E-state index in [-0.39, 0.29) is 36.0 Å². The summed E-state index contributed by atoms with van der Waals surface area (Å²) in [5.41, 5.74) is -3.62. The molecule has 2 aromatic rings. The molecular weight excluding hydrogens is 593 g/mol. The number of nitrogens with zero attached hydrogens (tertiary/aromatic N) is 3. The van der Waals surface area contributed by atoms with E-state index < -0.39 is 46.7 Å². The van der Waals surface area contributed by atoms with E-state index in [0.29, 0.717) is 50.3 Å². The molecule has 0 saturated carbocycles. The van der Waals surface area contributed by atoms with Gasteiger partial charge in [-0.05, 0) is 73.7 Å². The minimum Gasteiger partial charge on any atom is -0.352 e. The van der Waals surface area contributed by atoms with Crippen molar-refractivity contribution in [2.45, 2.75) is 69.4 Å². The van der Waals surface area contributed by atoms with Crippen LogP contribution in [-0.2, 0) is 22.6 Å². The molecule has 4 rings (SSSR count). The average molecular weight is 631 g/mol. The number of benzene rings is 2. The van der Waals surface area contributed by atoms with Gasteiger partial charge in [0.05, 0.1) is 16.5 Å². The van der Waals surface area contributed by atoms with Gasteiger partial charge >= 0.3 is 18.4 Å². The van der Waals surface area contributed by atoms with Crippen molar-refractivity contribution in [3.8, 4) is 0 Å². The zero-order chi connectivity index (χ0) is 32.8. The van der Waals surface area contributed by atoms with Gasteiger partial charge in [0.2, 0.25) is 5.91 Å². The Morgan fingerprint density at radius 1 is 0.932 bits per heavy atom. The van der Waals surface area contributed by atoms with E-state index in [1.54, 1.807) is 32.0 Å². The van der Waals surface area contributed by atoms with Crippen molar-refractivity contribution in [3.63, 3.8) is 0 Å². The van der Waals surface area contributed by atoms with Crippen LogP contribution in [0.15, 0.2) is 36.4 Å². The van der Waals surface area contributed by atoms with E-state index in [1.165, 1.54) is 30.9 Å². The predicted octanol–water partition coefficient (Wildman–Crippen LogP) is 6.18. The molecule has 2 fully saturated rings. The van der Waals surface area contributed by atoms with E-state index in [0.717, 1.165) is 5.56 Å². The number of nitrogens with one attached hydrogen (secondary N) is 1. The van der Waals surface area contributed by atoms with Crippen LogP contribution in [0.5, 0.6) is 0 Å². The zero-order valence-corrected chi connectivity index (χ0v) is 25.2. The Kier molecular flexibility index (Phi) is 9.31. The normalized spacial score (nSPS) is 21.4. The second kappa shape index (κ2) is 12.2. The Morgan fingerprint density at radius 2 is 1.50 bits per heavy atom. The van der Waals surface area contributed by atoms with Crippen LogP contribution in [0, 0.1) is 12.7 Å². The number of alkyl halides is 6. The highest BCUT2D eigenvalue weighted by Crippen LogP contribution is 2.41. The van der Waals surface area contributed by atoms with Gasteiger partial charge in [0.1, 0.15) is 5.82 Å². The van der Waals surface area contributed by atoms with Crippen molar-refractivity contribution in [1.82, 2.24) is 20.0 Å². The molecule has 2 aromatic carbocycles. The van der Waals surface area contributed by atoms with Crippen LogP contribution in [0.4, 0.5) is 35.5 Å². The van der Waals surface area contributed by atoms with Crippen LogP contribution in [0.2, 0.25) is 0 Å². The molecule has 0 radical (unpaired) electrons. The van der Waals surface area contributed by atoms with Gasteiger partial charge in [0.15, 0.2) is 0 Å². The third-order valence-electron chi connectivity index (χ3n) is 9.06. The fraction of sp³-hybridized carbons (Fsp3) is 0.548. The number of carbonyl (C=O) groups is 2. The van der Waals surface area contributed by atoms with Crippen molar-refractivity contribution in [1.29, 1.82) is 0 Å². The SMILES string of the molecule is CC[C@@](C)(C(=O)N[C@@H]1CCN(C2CN(C(=O)N(C)C)C2)C[C@H]1c1ccc(F)cc1C)c1cc(C(F)(F)F)cc(C(F)(F)F)c1. The Labute approximate surface area is 252 Å². The monoisotopic (exact) mass is 630 g/mol. The van der Waals surface area contributed by atoms with Gasteiger partial charge in [-0.2, -0.15) is 26.3 Å². The first-order chi connectivity index (χ1) is 20.3. The highest BCUT2D eigenvalue weighted by atomic mass is 19.4. The molecule has 0 spiro atoms. The summed E-state index contributed by atoms with van der Waals surface area (Å²) in [5.74, 6) is -1.47. The van der Waals surface area contributed by atoms with Crippen LogP contribution >= 0.6 is 0 Å². The smallest absolute Gasteiger partial charge is 0.352 e. The third kappa shape index (κ3) is 6.82. The molecule has 44 heavy (non-hydrogen) atoms. The largest absolute Gasteiger partial charge is 0.416 e. The minimum atomic E-state index is -5.05. The number of aryl methyl sites for hydroxylation is 1. The number of piperidine rings is 1. The molecule has 0 aromatic heterocycles. The van der Waals surface area contributed by atoms with Gasteiger partial charge in [-0.15, -0.1) is 0 Å². The second-order valence-corrected chi connectivity index (χ2v) is 12.2. The van der Waals surface area contributed by atoms with E-state index in [4.69, 9.17) is 0 Å². The summed E-state index contributed by atoms with van der Waals surface area (Å²) < 4.78 is 95.8. The molecule has 0 unspecified atom stereocenters. The predicted molar refractivity (Wildman–Crippen MR) is 151 cm³/mol. The third-order valence-corrected chi connectivity index (χ3v) is 9.06. The summed E-state index contributed by atoms with van der Waals surface area (Å²) in [5, 5.41) is 2.96. The van der Waals surface area contributed by atoms with Gasteiger partial charge in [-0.1, -0.05) is 13.0 Å². The first kappa shape index (κ1) is 33.5. The Bertz CT molecular complexity index is 1360. The average Bonchev–Trinajstić information content (AvgIpc) is 2.91. The molecule has 1 N–H and O–H groups in total. The van der Waals surface area contributed by atoms with Gasteiger partial charge < -0.3 is 15.1 Å². The number of urea groups is 1. The van der Waals surface area contributed by atoms with Crippen LogP contribution < -0.4 is 5.32 Å². The van der Waals surface area contributed by atoms with Crippen LogP contribution in [0.3, 0.4) is 0 Å². The molecule has 2 aliphatic rings. The molecule has 13 heteroatoms. The first-order valence-corrected chi connectivity index (χ1v) is 14.4. The Hall–Kier alpha value is -3.35. The molecule has 2 saturated heterocycles. The first-order valence-electron chi connectivity index (χ1n) is 14.4. The molecular formula is C31H37F7N4O2. The van der Waals surface area contributed by atoms with Crippen molar-refractivity contribution < 1.29 is 40.3 Å². The molecule has 6 nitrogen and oxygen atoms in total. The maximum atomic E-state index is 14.0. The lowest BCUT2D eigenvalue weighted by Gasteiger charge is -2.50. The van der Waals surface area contributed by atoms with Crippen molar-refractivity contribution >= 4 is 11.9 Å². The van der Waals surface area contributed by atoms with Crippen LogP contribution in [-0.4, -0.2) is 79.0 Å². The number of carbonyl (C=O) groups excluding carboxylic acids is 2. The Balaban J connectivity index is 1.63. The molecule has 3 amide bonds. The van der Waals surface area contributed by atoms with Crippen molar-refractivity contribution in [2.24, 2.45) is 0 Å². The summed E-state index contributed by atoms with van der Waals surface area (Å²) in [4.78, 5) is 31.6. The number of amides is 3. The highest BCUT2D eigenvalue weighted by Gasteiger charge is 2.44. The fourth-order valence-corrected chi connectivity index (χ4v) is 6.07. The quantitative estimate of drug-likeness (QED) is 0.388. The van der Waals surface area contributed by atoms with Crippen LogP contribution in [0.25, 0.3) is 0 Å². The number of hydrogen-bond acceptors (Lipinski definition) is 3. The second-order valence-electron chi connectivity index (χ2n) is 12.2. The van der Waals surface area contributed by atoms with Crippen molar-refractivity contribution in [2.75, 3.05) is 40.3 Å². The molecule has 3 atom stereocenters.